The van der Waals surface area contributed by atoms with E-state index in [1.54, 1.807) is 0 Å². The van der Waals surface area contributed by atoms with Gasteiger partial charge in [-0.1, -0.05) is 31.5 Å². The number of morpholine rings is 1. The maximum atomic E-state index is 7.05. The van der Waals surface area contributed by atoms with Crippen LogP contribution in [0.5, 0.6) is 0 Å². The van der Waals surface area contributed by atoms with E-state index in [-0.39, 0.29) is 12.1 Å². The Hall–Kier alpha value is -2.65. The fraction of sp³-hybridized carbons (Fsp3) is 0.529. The lowest BCUT2D eigenvalue weighted by atomic mass is 9.91. The van der Waals surface area contributed by atoms with Crippen LogP contribution in [-0.4, -0.2) is 65.5 Å². The average molecular weight is 621 g/mol. The Bertz CT molecular complexity index is 1410. The van der Waals surface area contributed by atoms with Crippen molar-refractivity contribution in [3.05, 3.63) is 76.3 Å². The Balaban J connectivity index is 1.31. The number of aryl methyl sites for hydroxylation is 1. The highest BCUT2D eigenvalue weighted by atomic mass is 35.5. The third-order valence-corrected chi connectivity index (χ3v) is 10.0. The van der Waals surface area contributed by atoms with E-state index in [9.17, 15) is 0 Å². The fourth-order valence-corrected chi connectivity index (χ4v) is 8.10. The molecule has 3 fully saturated rings. The van der Waals surface area contributed by atoms with Gasteiger partial charge in [0.2, 0.25) is 0 Å². The fourth-order valence-electron chi connectivity index (χ4n) is 7.46. The van der Waals surface area contributed by atoms with Crippen LogP contribution in [0.25, 0.3) is 0 Å². The van der Waals surface area contributed by atoms with Crippen molar-refractivity contribution < 1.29 is 4.74 Å². The van der Waals surface area contributed by atoms with Crippen molar-refractivity contribution in [3.63, 3.8) is 0 Å². The summed E-state index contributed by atoms with van der Waals surface area (Å²) in [6, 6.07) is 14.8. The zero-order valence-corrected chi connectivity index (χ0v) is 27.5. The van der Waals surface area contributed by atoms with Crippen LogP contribution in [0.1, 0.15) is 61.4 Å². The Kier molecular flexibility index (Phi) is 9.29. The van der Waals surface area contributed by atoms with Crippen molar-refractivity contribution in [3.8, 4) is 0 Å². The number of benzene rings is 1. The molecule has 6 rings (SSSR count). The van der Waals surface area contributed by atoms with Gasteiger partial charge in [-0.15, -0.1) is 0 Å². The van der Waals surface area contributed by atoms with E-state index in [4.69, 9.17) is 33.5 Å². The van der Waals surface area contributed by atoms with Crippen LogP contribution in [-0.2, 0) is 11.3 Å². The highest BCUT2D eigenvalue weighted by Crippen LogP contribution is 2.45. The number of rotatable bonds is 8. The second kappa shape index (κ2) is 13.1. The van der Waals surface area contributed by atoms with E-state index in [0.29, 0.717) is 16.9 Å². The summed E-state index contributed by atoms with van der Waals surface area (Å²) in [7, 11) is 0. The number of aromatic nitrogens is 2. The van der Waals surface area contributed by atoms with Gasteiger partial charge < -0.3 is 24.4 Å². The summed E-state index contributed by atoms with van der Waals surface area (Å²) in [5, 5.41) is 5.10. The van der Waals surface area contributed by atoms with Crippen molar-refractivity contribution in [2.75, 3.05) is 55.7 Å². The lowest BCUT2D eigenvalue weighted by Crippen LogP contribution is -2.38. The van der Waals surface area contributed by atoms with Crippen LogP contribution in [0.3, 0.4) is 0 Å². The van der Waals surface area contributed by atoms with Crippen molar-refractivity contribution in [2.45, 2.75) is 59.2 Å². The second-order valence-electron chi connectivity index (χ2n) is 12.8. The predicted octanol–water partition coefficient (Wildman–Crippen LogP) is 6.54. The number of hydrogen-bond acceptors (Lipinski definition) is 5. The van der Waals surface area contributed by atoms with Gasteiger partial charge in [0.15, 0.2) is 5.11 Å². The molecule has 3 aromatic rings. The number of nitrogens with zero attached hydrogens (tertiary/aromatic N) is 5. The first-order valence-corrected chi connectivity index (χ1v) is 16.6. The molecule has 0 radical (unpaired) electrons. The van der Waals surface area contributed by atoms with Crippen molar-refractivity contribution in [1.82, 2.24) is 19.8 Å². The SMILES string of the molecule is Cc1cc([C@H]2[C@H](c3ccccn3)NC(=S)N2c2ccc(N3C[C@H](C)C[C@H](C)C3)c(Cl)c2)c(C)n1CCCN1CCOCC1. The van der Waals surface area contributed by atoms with Gasteiger partial charge in [-0.3, -0.25) is 9.88 Å². The molecule has 2 aromatic heterocycles. The lowest BCUT2D eigenvalue weighted by Gasteiger charge is -2.37. The van der Waals surface area contributed by atoms with Crippen LogP contribution in [0, 0.1) is 25.7 Å². The molecule has 230 valence electrons. The molecule has 1 N–H and O–H groups in total. The van der Waals surface area contributed by atoms with E-state index in [2.05, 4.69) is 82.6 Å². The van der Waals surface area contributed by atoms with Gasteiger partial charge in [0.1, 0.15) is 0 Å². The molecular weight excluding hydrogens is 576 g/mol. The largest absolute Gasteiger partial charge is 0.379 e. The third-order valence-electron chi connectivity index (χ3n) is 9.41. The van der Waals surface area contributed by atoms with Gasteiger partial charge >= 0.3 is 0 Å². The predicted molar refractivity (Wildman–Crippen MR) is 180 cm³/mol. The smallest absolute Gasteiger partial charge is 0.174 e. The minimum Gasteiger partial charge on any atom is -0.379 e. The molecule has 0 bridgehead atoms. The van der Waals surface area contributed by atoms with Gasteiger partial charge in [-0.25, -0.2) is 0 Å². The normalized spacial score (nSPS) is 24.9. The standard InChI is InChI=1S/C34H45ClN6OS/c1-23-18-24(2)22-39(21-23)31-10-9-27(20-29(31)35)41-33(32(37-34(41)43)30-8-5-6-11-36-30)28-19-25(3)40(26(28)4)13-7-12-38-14-16-42-17-15-38/h5-6,8-11,19-20,23-24,32-33H,7,12-18,21-22H2,1-4H3,(H,37,43)/t23-,24+,32-,33-/m0/s1. The average Bonchev–Trinajstić information content (AvgIpc) is 3.48. The summed E-state index contributed by atoms with van der Waals surface area (Å²) in [5.74, 6) is 1.31. The molecule has 1 aromatic carbocycles. The van der Waals surface area contributed by atoms with Gasteiger partial charge in [0, 0.05) is 62.5 Å². The molecule has 0 spiro atoms. The summed E-state index contributed by atoms with van der Waals surface area (Å²) in [6.45, 7) is 17.0. The van der Waals surface area contributed by atoms with E-state index in [0.717, 1.165) is 81.0 Å². The van der Waals surface area contributed by atoms with Crippen LogP contribution < -0.4 is 15.1 Å². The van der Waals surface area contributed by atoms with Crippen LogP contribution in [0.4, 0.5) is 11.4 Å². The van der Waals surface area contributed by atoms with Crippen molar-refractivity contribution in [2.24, 2.45) is 11.8 Å². The summed E-state index contributed by atoms with van der Waals surface area (Å²) in [4.78, 5) is 12.0. The van der Waals surface area contributed by atoms with E-state index in [1.807, 2.05) is 18.3 Å². The molecule has 3 saturated heterocycles. The number of anilines is 2. The molecule has 7 nitrogen and oxygen atoms in total. The first-order chi connectivity index (χ1) is 20.8. The summed E-state index contributed by atoms with van der Waals surface area (Å²) >= 11 is 13.1. The Labute approximate surface area is 267 Å². The number of ether oxygens (including phenoxy) is 1. The van der Waals surface area contributed by atoms with Gasteiger partial charge in [-0.2, -0.15) is 0 Å². The molecule has 9 heteroatoms. The highest BCUT2D eigenvalue weighted by molar-refractivity contribution is 7.80. The zero-order chi connectivity index (χ0) is 30.1. The molecule has 0 unspecified atom stereocenters. The first kappa shape index (κ1) is 30.4. The molecule has 0 amide bonds. The van der Waals surface area contributed by atoms with E-state index >= 15 is 0 Å². The van der Waals surface area contributed by atoms with Gasteiger partial charge in [0.05, 0.1) is 41.7 Å². The number of halogens is 1. The summed E-state index contributed by atoms with van der Waals surface area (Å²) in [5.41, 5.74) is 6.91. The topological polar surface area (TPSA) is 48.8 Å². The number of piperidine rings is 1. The Morgan fingerprint density at radius 2 is 1.79 bits per heavy atom. The zero-order valence-electron chi connectivity index (χ0n) is 25.9. The lowest BCUT2D eigenvalue weighted by molar-refractivity contribution is 0.0369. The van der Waals surface area contributed by atoms with E-state index in [1.165, 1.54) is 23.4 Å². The second-order valence-corrected chi connectivity index (χ2v) is 13.6. The molecule has 3 aliphatic rings. The molecule has 5 heterocycles. The van der Waals surface area contributed by atoms with Crippen LogP contribution in [0.15, 0.2) is 48.7 Å². The molecule has 4 atom stereocenters. The molecular formula is C34H45ClN6OS. The molecule has 43 heavy (non-hydrogen) atoms. The van der Waals surface area contributed by atoms with Crippen LogP contribution in [0.2, 0.25) is 5.02 Å². The summed E-state index contributed by atoms with van der Waals surface area (Å²) in [6.07, 6.45) is 4.23. The highest BCUT2D eigenvalue weighted by Gasteiger charge is 2.42. The van der Waals surface area contributed by atoms with Crippen molar-refractivity contribution in [1.29, 1.82) is 0 Å². The molecule has 0 saturated carbocycles. The molecule has 3 aliphatic heterocycles. The third kappa shape index (κ3) is 6.44. The number of thiocarbonyl (C=S) groups is 1. The van der Waals surface area contributed by atoms with Gasteiger partial charge in [-0.05, 0) is 92.7 Å². The Morgan fingerprint density at radius 1 is 1.02 bits per heavy atom. The maximum Gasteiger partial charge on any atom is 0.174 e. The number of hydrogen-bond donors (Lipinski definition) is 1. The minimum absolute atomic E-state index is 0.0569. The minimum atomic E-state index is -0.0850. The first-order valence-electron chi connectivity index (χ1n) is 15.8. The maximum absolute atomic E-state index is 7.05. The quantitative estimate of drug-likeness (QED) is 0.287. The summed E-state index contributed by atoms with van der Waals surface area (Å²) < 4.78 is 8.01. The van der Waals surface area contributed by atoms with E-state index < -0.39 is 0 Å². The molecule has 0 aliphatic carbocycles. The van der Waals surface area contributed by atoms with Gasteiger partial charge in [0.25, 0.3) is 0 Å². The number of pyridine rings is 1. The Morgan fingerprint density at radius 3 is 2.49 bits per heavy atom. The number of nitrogens with one attached hydrogen (secondary N) is 1. The van der Waals surface area contributed by atoms with Crippen molar-refractivity contribution >= 4 is 40.3 Å². The monoisotopic (exact) mass is 620 g/mol. The van der Waals surface area contributed by atoms with Crippen LogP contribution >= 0.6 is 23.8 Å².